The lowest BCUT2D eigenvalue weighted by atomic mass is 9.85. The van der Waals surface area contributed by atoms with Gasteiger partial charge in [-0.1, -0.05) is 32.9 Å². The van der Waals surface area contributed by atoms with Crippen LogP contribution in [-0.4, -0.2) is 11.8 Å². The number of rotatable bonds is 2. The number of hydrogen-bond acceptors (Lipinski definition) is 2. The van der Waals surface area contributed by atoms with Crippen molar-refractivity contribution in [3.63, 3.8) is 0 Å². The summed E-state index contributed by atoms with van der Waals surface area (Å²) in [6.07, 6.45) is 0. The summed E-state index contributed by atoms with van der Waals surface area (Å²) in [5.74, 6) is 0.0369. The Morgan fingerprint density at radius 2 is 1.95 bits per heavy atom. The highest BCUT2D eigenvalue weighted by molar-refractivity contribution is 6.05. The fourth-order valence-corrected chi connectivity index (χ4v) is 2.18. The van der Waals surface area contributed by atoms with Crippen LogP contribution in [0.3, 0.4) is 0 Å². The second kappa shape index (κ2) is 4.62. The molecule has 1 aliphatic heterocycles. The molecule has 0 radical (unpaired) electrons. The minimum atomic E-state index is -0.515. The molecule has 0 saturated heterocycles. The SMILES string of the molecule is CC(C)(C)C(=O)NCc1ccc2c(c1)C(C)(C)C(=O)N2. The lowest BCUT2D eigenvalue weighted by molar-refractivity contribution is -0.128. The molecule has 0 unspecified atom stereocenters. The molecule has 2 rings (SSSR count). The van der Waals surface area contributed by atoms with Gasteiger partial charge in [0, 0.05) is 17.6 Å². The van der Waals surface area contributed by atoms with Crippen molar-refractivity contribution in [1.82, 2.24) is 5.32 Å². The van der Waals surface area contributed by atoms with Crippen molar-refractivity contribution in [2.45, 2.75) is 46.6 Å². The minimum Gasteiger partial charge on any atom is -0.352 e. The highest BCUT2D eigenvalue weighted by Gasteiger charge is 2.38. The van der Waals surface area contributed by atoms with E-state index >= 15 is 0 Å². The summed E-state index contributed by atoms with van der Waals surface area (Å²) in [5.41, 5.74) is 1.95. The van der Waals surface area contributed by atoms with Gasteiger partial charge in [-0.2, -0.15) is 0 Å². The average Bonchev–Trinajstić information content (AvgIpc) is 2.56. The molecule has 4 heteroatoms. The van der Waals surface area contributed by atoms with Crippen molar-refractivity contribution >= 4 is 17.5 Å². The van der Waals surface area contributed by atoms with Gasteiger partial charge in [-0.3, -0.25) is 9.59 Å². The van der Waals surface area contributed by atoms with Crippen LogP contribution in [0.4, 0.5) is 5.69 Å². The lowest BCUT2D eigenvalue weighted by Gasteiger charge is -2.19. The molecule has 1 heterocycles. The summed E-state index contributed by atoms with van der Waals surface area (Å²) in [6, 6.07) is 5.83. The van der Waals surface area contributed by atoms with Crippen LogP contribution in [0.5, 0.6) is 0 Å². The highest BCUT2D eigenvalue weighted by atomic mass is 16.2. The minimum absolute atomic E-state index is 0.0170. The van der Waals surface area contributed by atoms with E-state index in [1.54, 1.807) is 0 Å². The van der Waals surface area contributed by atoms with E-state index in [0.29, 0.717) is 6.54 Å². The van der Waals surface area contributed by atoms with Gasteiger partial charge in [0.15, 0.2) is 0 Å². The molecule has 108 valence electrons. The van der Waals surface area contributed by atoms with Crippen LogP contribution in [0.1, 0.15) is 45.7 Å². The van der Waals surface area contributed by atoms with Gasteiger partial charge in [-0.05, 0) is 31.0 Å². The molecule has 2 amide bonds. The fourth-order valence-electron chi connectivity index (χ4n) is 2.18. The molecule has 0 aromatic heterocycles. The first-order valence-electron chi connectivity index (χ1n) is 6.85. The Bertz CT molecular complexity index is 568. The van der Waals surface area contributed by atoms with Gasteiger partial charge in [0.1, 0.15) is 0 Å². The Morgan fingerprint density at radius 3 is 2.55 bits per heavy atom. The van der Waals surface area contributed by atoms with Crippen LogP contribution >= 0.6 is 0 Å². The average molecular weight is 274 g/mol. The predicted octanol–water partition coefficient (Wildman–Crippen LogP) is 2.58. The van der Waals surface area contributed by atoms with E-state index in [4.69, 9.17) is 0 Å². The van der Waals surface area contributed by atoms with Crippen LogP contribution < -0.4 is 10.6 Å². The Labute approximate surface area is 119 Å². The van der Waals surface area contributed by atoms with Gasteiger partial charge >= 0.3 is 0 Å². The smallest absolute Gasteiger partial charge is 0.234 e. The standard InChI is InChI=1S/C16H22N2O2/c1-15(2,3)13(19)17-9-10-6-7-12-11(8-10)16(4,5)14(20)18-12/h6-8H,9H2,1-5H3,(H,17,19)(H,18,20). The van der Waals surface area contributed by atoms with Crippen LogP contribution in [0.15, 0.2) is 18.2 Å². The number of fused-ring (bicyclic) bond motifs is 1. The third-order valence-electron chi connectivity index (χ3n) is 3.71. The molecule has 0 saturated carbocycles. The molecule has 0 aliphatic carbocycles. The molecule has 0 atom stereocenters. The fraction of sp³-hybridized carbons (Fsp3) is 0.500. The lowest BCUT2D eigenvalue weighted by Crippen LogP contribution is -2.34. The first kappa shape index (κ1) is 14.6. The summed E-state index contributed by atoms with van der Waals surface area (Å²) in [5, 5.41) is 5.80. The molecule has 20 heavy (non-hydrogen) atoms. The number of carbonyl (C=O) groups is 2. The third-order valence-corrected chi connectivity index (χ3v) is 3.71. The number of nitrogens with one attached hydrogen (secondary N) is 2. The molecule has 2 N–H and O–H groups in total. The second-order valence-electron chi connectivity index (χ2n) is 6.89. The van der Waals surface area contributed by atoms with Crippen LogP contribution in [-0.2, 0) is 21.5 Å². The van der Waals surface area contributed by atoms with Crippen molar-refractivity contribution < 1.29 is 9.59 Å². The number of hydrogen-bond donors (Lipinski definition) is 2. The van der Waals surface area contributed by atoms with E-state index in [1.165, 1.54) is 0 Å². The van der Waals surface area contributed by atoms with E-state index in [0.717, 1.165) is 16.8 Å². The van der Waals surface area contributed by atoms with Crippen molar-refractivity contribution in [2.24, 2.45) is 5.41 Å². The zero-order valence-corrected chi connectivity index (χ0v) is 12.8. The van der Waals surface area contributed by atoms with Gasteiger partial charge < -0.3 is 10.6 Å². The Morgan fingerprint density at radius 1 is 1.30 bits per heavy atom. The topological polar surface area (TPSA) is 58.2 Å². The molecular formula is C16H22N2O2. The second-order valence-corrected chi connectivity index (χ2v) is 6.89. The first-order valence-corrected chi connectivity index (χ1v) is 6.85. The summed E-state index contributed by atoms with van der Waals surface area (Å²) in [7, 11) is 0. The van der Waals surface area contributed by atoms with E-state index in [2.05, 4.69) is 10.6 Å². The van der Waals surface area contributed by atoms with Crippen molar-refractivity contribution in [3.8, 4) is 0 Å². The molecule has 1 aromatic rings. The van der Waals surface area contributed by atoms with E-state index in [1.807, 2.05) is 52.8 Å². The largest absolute Gasteiger partial charge is 0.352 e. The normalized spacial score (nSPS) is 16.6. The van der Waals surface area contributed by atoms with E-state index in [-0.39, 0.29) is 11.8 Å². The van der Waals surface area contributed by atoms with Gasteiger partial charge in [0.05, 0.1) is 5.41 Å². The van der Waals surface area contributed by atoms with Crippen molar-refractivity contribution in [3.05, 3.63) is 29.3 Å². The monoisotopic (exact) mass is 274 g/mol. The van der Waals surface area contributed by atoms with Crippen LogP contribution in [0.25, 0.3) is 0 Å². The molecular weight excluding hydrogens is 252 g/mol. The van der Waals surface area contributed by atoms with E-state index in [9.17, 15) is 9.59 Å². The maximum atomic E-state index is 11.9. The van der Waals surface area contributed by atoms with Gasteiger partial charge in [-0.15, -0.1) is 0 Å². The Balaban J connectivity index is 2.16. The molecule has 1 aliphatic rings. The van der Waals surface area contributed by atoms with E-state index < -0.39 is 10.8 Å². The van der Waals surface area contributed by atoms with Crippen LogP contribution in [0.2, 0.25) is 0 Å². The number of carbonyl (C=O) groups excluding carboxylic acids is 2. The number of amides is 2. The predicted molar refractivity (Wildman–Crippen MR) is 79.4 cm³/mol. The molecule has 4 nitrogen and oxygen atoms in total. The summed E-state index contributed by atoms with van der Waals surface area (Å²) in [6.45, 7) is 9.95. The van der Waals surface area contributed by atoms with Gasteiger partial charge in [-0.25, -0.2) is 0 Å². The Hall–Kier alpha value is -1.84. The summed E-state index contributed by atoms with van der Waals surface area (Å²) >= 11 is 0. The quantitative estimate of drug-likeness (QED) is 0.871. The van der Waals surface area contributed by atoms with Crippen molar-refractivity contribution in [2.75, 3.05) is 5.32 Å². The zero-order chi connectivity index (χ0) is 15.1. The highest BCUT2D eigenvalue weighted by Crippen LogP contribution is 2.37. The molecule has 0 spiro atoms. The van der Waals surface area contributed by atoms with Crippen molar-refractivity contribution in [1.29, 1.82) is 0 Å². The summed E-state index contributed by atoms with van der Waals surface area (Å²) < 4.78 is 0. The third kappa shape index (κ3) is 2.55. The molecule has 1 aromatic carbocycles. The maximum absolute atomic E-state index is 11.9. The number of benzene rings is 1. The van der Waals surface area contributed by atoms with Gasteiger partial charge in [0.2, 0.25) is 11.8 Å². The number of anilines is 1. The zero-order valence-electron chi connectivity index (χ0n) is 12.8. The maximum Gasteiger partial charge on any atom is 0.234 e. The molecule has 0 bridgehead atoms. The van der Waals surface area contributed by atoms with Crippen LogP contribution in [0, 0.1) is 5.41 Å². The molecule has 0 fully saturated rings. The summed E-state index contributed by atoms with van der Waals surface area (Å²) in [4.78, 5) is 23.8. The van der Waals surface area contributed by atoms with Gasteiger partial charge in [0.25, 0.3) is 0 Å². The first-order chi connectivity index (χ1) is 9.12. The Kier molecular flexibility index (Phi) is 3.36.